The molecular formula is C14H12ClNO3. The molecule has 2 aromatic carbocycles. The Labute approximate surface area is 115 Å². The van der Waals surface area contributed by atoms with Crippen molar-refractivity contribution < 1.29 is 14.7 Å². The van der Waals surface area contributed by atoms with Crippen LogP contribution < -0.4 is 10.2 Å². The zero-order valence-electron chi connectivity index (χ0n) is 9.97. The normalized spacial score (nSPS) is 10.0. The second kappa shape index (κ2) is 6.22. The summed E-state index contributed by atoms with van der Waals surface area (Å²) in [4.78, 5) is 11.2. The molecular weight excluding hydrogens is 266 g/mol. The van der Waals surface area contributed by atoms with Crippen LogP contribution in [-0.4, -0.2) is 11.1 Å². The Balaban J connectivity index is 2.03. The molecule has 0 aliphatic carbocycles. The summed E-state index contributed by atoms with van der Waals surface area (Å²) in [5.41, 5.74) is 2.88. The summed E-state index contributed by atoms with van der Waals surface area (Å²) in [6.07, 6.45) is 0. The lowest BCUT2D eigenvalue weighted by Gasteiger charge is -2.07. The first kappa shape index (κ1) is 13.4. The van der Waals surface area contributed by atoms with Crippen LogP contribution in [0.25, 0.3) is 0 Å². The molecule has 2 rings (SSSR count). The van der Waals surface area contributed by atoms with Gasteiger partial charge in [0.1, 0.15) is 12.4 Å². The van der Waals surface area contributed by atoms with E-state index >= 15 is 0 Å². The molecule has 98 valence electrons. The molecule has 2 aromatic rings. The summed E-state index contributed by atoms with van der Waals surface area (Å²) in [5.74, 6) is -0.0204. The lowest BCUT2D eigenvalue weighted by molar-refractivity contribution is 0.0706. The Hall–Kier alpha value is -2.04. The number of hydroxylamine groups is 1. The highest BCUT2D eigenvalue weighted by molar-refractivity contribution is 6.30. The molecule has 0 aromatic heterocycles. The number of carbonyl (C=O) groups excluding carboxylic acids is 1. The Bertz CT molecular complexity index is 569. The monoisotopic (exact) mass is 277 g/mol. The molecule has 1 amide bonds. The third-order valence-corrected chi connectivity index (χ3v) is 2.77. The Morgan fingerprint density at radius 2 is 1.95 bits per heavy atom. The minimum absolute atomic E-state index is 0.330. The third-order valence-electron chi connectivity index (χ3n) is 2.52. The zero-order valence-corrected chi connectivity index (χ0v) is 10.7. The van der Waals surface area contributed by atoms with Crippen LogP contribution in [0.2, 0.25) is 5.02 Å². The summed E-state index contributed by atoms with van der Waals surface area (Å²) in [6, 6.07) is 13.9. The fraction of sp³-hybridized carbons (Fsp3) is 0.0714. The lowest BCUT2D eigenvalue weighted by atomic mass is 10.2. The van der Waals surface area contributed by atoms with Gasteiger partial charge in [0.2, 0.25) is 0 Å². The smallest absolute Gasteiger partial charge is 0.274 e. The van der Waals surface area contributed by atoms with Gasteiger partial charge in [0, 0.05) is 10.6 Å². The molecule has 0 aliphatic heterocycles. The van der Waals surface area contributed by atoms with E-state index in [0.717, 1.165) is 5.56 Å². The molecule has 0 radical (unpaired) electrons. The first-order chi connectivity index (χ1) is 9.19. The summed E-state index contributed by atoms with van der Waals surface area (Å²) < 4.78 is 5.56. The zero-order chi connectivity index (χ0) is 13.7. The number of ether oxygens (including phenoxy) is 1. The van der Waals surface area contributed by atoms with Gasteiger partial charge in [-0.25, -0.2) is 5.48 Å². The van der Waals surface area contributed by atoms with Crippen LogP contribution in [0.4, 0.5) is 0 Å². The van der Waals surface area contributed by atoms with Gasteiger partial charge in [-0.05, 0) is 35.9 Å². The van der Waals surface area contributed by atoms with E-state index in [-0.39, 0.29) is 0 Å². The molecule has 4 nitrogen and oxygen atoms in total. The fourth-order valence-corrected chi connectivity index (χ4v) is 1.66. The van der Waals surface area contributed by atoms with E-state index in [1.807, 2.05) is 12.1 Å². The first-order valence-electron chi connectivity index (χ1n) is 5.61. The van der Waals surface area contributed by atoms with Gasteiger partial charge in [0.15, 0.2) is 0 Å². The van der Waals surface area contributed by atoms with Crippen molar-refractivity contribution in [2.24, 2.45) is 0 Å². The molecule has 0 saturated carbocycles. The number of hydrogen-bond acceptors (Lipinski definition) is 3. The predicted octanol–water partition coefficient (Wildman–Crippen LogP) is 3.04. The van der Waals surface area contributed by atoms with Crippen LogP contribution in [-0.2, 0) is 6.61 Å². The fourth-order valence-electron chi connectivity index (χ4n) is 1.54. The van der Waals surface area contributed by atoms with Gasteiger partial charge in [-0.15, -0.1) is 0 Å². The van der Waals surface area contributed by atoms with E-state index in [0.29, 0.717) is 22.9 Å². The van der Waals surface area contributed by atoms with Gasteiger partial charge >= 0.3 is 0 Å². The molecule has 0 fully saturated rings. The van der Waals surface area contributed by atoms with Gasteiger partial charge < -0.3 is 4.74 Å². The highest BCUT2D eigenvalue weighted by atomic mass is 35.5. The van der Waals surface area contributed by atoms with E-state index < -0.39 is 5.91 Å². The molecule has 19 heavy (non-hydrogen) atoms. The average Bonchev–Trinajstić information content (AvgIpc) is 2.46. The quantitative estimate of drug-likeness (QED) is 0.667. The van der Waals surface area contributed by atoms with Gasteiger partial charge in [0.25, 0.3) is 5.91 Å². The van der Waals surface area contributed by atoms with Crippen LogP contribution >= 0.6 is 11.6 Å². The molecule has 0 spiro atoms. The number of rotatable bonds is 4. The topological polar surface area (TPSA) is 58.6 Å². The summed E-state index contributed by atoms with van der Waals surface area (Å²) in [5, 5.41) is 9.23. The molecule has 5 heteroatoms. The maximum absolute atomic E-state index is 11.2. The summed E-state index contributed by atoms with van der Waals surface area (Å²) >= 11 is 5.79. The Morgan fingerprint density at radius 3 is 2.63 bits per heavy atom. The summed E-state index contributed by atoms with van der Waals surface area (Å²) in [6.45, 7) is 0.376. The van der Waals surface area contributed by atoms with E-state index in [1.165, 1.54) is 0 Å². The minimum atomic E-state index is -0.572. The van der Waals surface area contributed by atoms with Crippen molar-refractivity contribution in [2.45, 2.75) is 6.61 Å². The summed E-state index contributed by atoms with van der Waals surface area (Å²) in [7, 11) is 0. The molecule has 0 atom stereocenters. The molecule has 0 heterocycles. The Morgan fingerprint density at radius 1 is 1.21 bits per heavy atom. The van der Waals surface area contributed by atoms with Crippen LogP contribution in [0.5, 0.6) is 5.75 Å². The second-order valence-corrected chi connectivity index (χ2v) is 4.32. The van der Waals surface area contributed by atoms with Crippen LogP contribution in [0, 0.1) is 0 Å². The number of benzene rings is 2. The number of halogens is 1. The van der Waals surface area contributed by atoms with Crippen molar-refractivity contribution in [3.05, 3.63) is 64.7 Å². The van der Waals surface area contributed by atoms with Crippen molar-refractivity contribution in [2.75, 3.05) is 0 Å². The van der Waals surface area contributed by atoms with Crippen molar-refractivity contribution in [1.82, 2.24) is 5.48 Å². The molecule has 0 saturated heterocycles. The second-order valence-electron chi connectivity index (χ2n) is 3.88. The SMILES string of the molecule is O=C(NO)c1cccc(OCc2ccc(Cl)cc2)c1. The molecule has 2 N–H and O–H groups in total. The minimum Gasteiger partial charge on any atom is -0.489 e. The highest BCUT2D eigenvalue weighted by Gasteiger charge is 2.05. The van der Waals surface area contributed by atoms with Crippen LogP contribution in [0.15, 0.2) is 48.5 Å². The number of hydrogen-bond donors (Lipinski definition) is 2. The lowest BCUT2D eigenvalue weighted by Crippen LogP contribution is -2.18. The maximum atomic E-state index is 11.2. The van der Waals surface area contributed by atoms with E-state index in [9.17, 15) is 4.79 Å². The van der Waals surface area contributed by atoms with Gasteiger partial charge in [-0.2, -0.15) is 0 Å². The largest absolute Gasteiger partial charge is 0.489 e. The highest BCUT2D eigenvalue weighted by Crippen LogP contribution is 2.16. The van der Waals surface area contributed by atoms with Crippen molar-refractivity contribution in [3.8, 4) is 5.75 Å². The number of nitrogens with one attached hydrogen (secondary N) is 1. The number of carbonyl (C=O) groups is 1. The van der Waals surface area contributed by atoms with Gasteiger partial charge in [-0.3, -0.25) is 10.0 Å². The van der Waals surface area contributed by atoms with E-state index in [2.05, 4.69) is 0 Å². The van der Waals surface area contributed by atoms with Gasteiger partial charge in [0.05, 0.1) is 0 Å². The third kappa shape index (κ3) is 3.71. The van der Waals surface area contributed by atoms with Crippen LogP contribution in [0.1, 0.15) is 15.9 Å². The first-order valence-corrected chi connectivity index (χ1v) is 5.98. The number of amides is 1. The van der Waals surface area contributed by atoms with Gasteiger partial charge in [-0.1, -0.05) is 29.8 Å². The van der Waals surface area contributed by atoms with Crippen molar-refractivity contribution >= 4 is 17.5 Å². The predicted molar refractivity (Wildman–Crippen MR) is 71.5 cm³/mol. The average molecular weight is 278 g/mol. The Kier molecular flexibility index (Phi) is 4.39. The molecule has 0 aliphatic rings. The van der Waals surface area contributed by atoms with Crippen molar-refractivity contribution in [1.29, 1.82) is 0 Å². The van der Waals surface area contributed by atoms with E-state index in [4.69, 9.17) is 21.5 Å². The standard InChI is InChI=1S/C14H12ClNO3/c15-12-6-4-10(5-7-12)9-19-13-3-1-2-11(8-13)14(17)16-18/h1-8,18H,9H2,(H,16,17). The molecule has 0 bridgehead atoms. The molecule has 0 unspecified atom stereocenters. The maximum Gasteiger partial charge on any atom is 0.274 e. The van der Waals surface area contributed by atoms with Crippen LogP contribution in [0.3, 0.4) is 0 Å². The van der Waals surface area contributed by atoms with Crippen molar-refractivity contribution in [3.63, 3.8) is 0 Å². The van der Waals surface area contributed by atoms with E-state index in [1.54, 1.807) is 41.9 Å².